The van der Waals surface area contributed by atoms with Gasteiger partial charge in [0.05, 0.1) is 22.5 Å². The minimum Gasteiger partial charge on any atom is -0.321 e. The molecule has 0 saturated carbocycles. The highest BCUT2D eigenvalue weighted by Gasteiger charge is 2.17. The van der Waals surface area contributed by atoms with Crippen LogP contribution < -0.4 is 10.2 Å². The molecule has 152 valence electrons. The fraction of sp³-hybridized carbons (Fsp3) is 0.130. The summed E-state index contributed by atoms with van der Waals surface area (Å²) < 4.78 is 0. The molecule has 3 rings (SSSR count). The maximum absolute atomic E-state index is 12.8. The van der Waals surface area contributed by atoms with Crippen LogP contribution in [0.3, 0.4) is 0 Å². The van der Waals surface area contributed by atoms with Crippen LogP contribution in [0.15, 0.2) is 48.5 Å². The molecular formula is C23H18N6O2. The van der Waals surface area contributed by atoms with E-state index >= 15 is 0 Å². The fourth-order valence-electron chi connectivity index (χ4n) is 2.88. The van der Waals surface area contributed by atoms with Gasteiger partial charge in [-0.1, -0.05) is 6.07 Å². The zero-order valence-electron chi connectivity index (χ0n) is 17.2. The number of benzene rings is 1. The maximum atomic E-state index is 12.8. The van der Waals surface area contributed by atoms with Gasteiger partial charge in [0.25, 0.3) is 11.8 Å². The van der Waals surface area contributed by atoms with Crippen LogP contribution in [0.5, 0.6) is 0 Å². The van der Waals surface area contributed by atoms with Crippen molar-refractivity contribution < 1.29 is 9.59 Å². The second-order valence-electron chi connectivity index (χ2n) is 6.75. The summed E-state index contributed by atoms with van der Waals surface area (Å²) in [6.07, 6.45) is 0. The molecule has 0 aliphatic heterocycles. The zero-order chi connectivity index (χ0) is 22.5. The molecule has 1 aromatic carbocycles. The summed E-state index contributed by atoms with van der Waals surface area (Å²) in [6, 6.07) is 16.9. The van der Waals surface area contributed by atoms with Crippen LogP contribution in [0.4, 0.5) is 11.4 Å². The molecule has 0 bridgehead atoms. The van der Waals surface area contributed by atoms with Gasteiger partial charge in [0.15, 0.2) is 0 Å². The maximum Gasteiger partial charge on any atom is 0.276 e. The van der Waals surface area contributed by atoms with Crippen molar-refractivity contribution in [1.82, 2.24) is 9.97 Å². The first-order valence-electron chi connectivity index (χ1n) is 9.29. The fourth-order valence-corrected chi connectivity index (χ4v) is 2.88. The molecule has 8 nitrogen and oxygen atoms in total. The number of amides is 2. The number of rotatable bonds is 4. The van der Waals surface area contributed by atoms with E-state index in [1.807, 2.05) is 12.1 Å². The number of hydrogen-bond donors (Lipinski definition) is 1. The van der Waals surface area contributed by atoms with E-state index in [4.69, 9.17) is 10.5 Å². The quantitative estimate of drug-likeness (QED) is 0.703. The van der Waals surface area contributed by atoms with Crippen molar-refractivity contribution in [3.8, 4) is 12.1 Å². The number of aryl methyl sites for hydroxylation is 2. The Hall–Kier alpha value is -4.56. The monoisotopic (exact) mass is 410 g/mol. The Morgan fingerprint density at radius 1 is 0.903 bits per heavy atom. The van der Waals surface area contributed by atoms with Gasteiger partial charge in [-0.2, -0.15) is 10.5 Å². The van der Waals surface area contributed by atoms with Gasteiger partial charge in [0.2, 0.25) is 0 Å². The van der Waals surface area contributed by atoms with Crippen molar-refractivity contribution in [2.75, 3.05) is 17.3 Å². The van der Waals surface area contributed by atoms with E-state index in [0.717, 1.165) is 0 Å². The highest BCUT2D eigenvalue weighted by molar-refractivity contribution is 6.06. The van der Waals surface area contributed by atoms with Gasteiger partial charge in [-0.15, -0.1) is 0 Å². The summed E-state index contributed by atoms with van der Waals surface area (Å²) in [7, 11) is 1.60. The first-order valence-corrected chi connectivity index (χ1v) is 9.29. The lowest BCUT2D eigenvalue weighted by atomic mass is 10.2. The van der Waals surface area contributed by atoms with Crippen LogP contribution >= 0.6 is 0 Å². The van der Waals surface area contributed by atoms with Crippen LogP contribution in [-0.2, 0) is 0 Å². The number of carbonyl (C=O) groups is 2. The van der Waals surface area contributed by atoms with Crippen LogP contribution in [0.2, 0.25) is 0 Å². The van der Waals surface area contributed by atoms with Gasteiger partial charge >= 0.3 is 0 Å². The third-order valence-corrected chi connectivity index (χ3v) is 4.66. The number of aromatic nitrogens is 2. The summed E-state index contributed by atoms with van der Waals surface area (Å²) in [4.78, 5) is 35.1. The predicted molar refractivity (Wildman–Crippen MR) is 115 cm³/mol. The smallest absolute Gasteiger partial charge is 0.276 e. The minimum absolute atomic E-state index is 0.184. The van der Waals surface area contributed by atoms with Crippen LogP contribution in [0, 0.1) is 36.5 Å². The van der Waals surface area contributed by atoms with E-state index in [9.17, 15) is 9.59 Å². The third-order valence-electron chi connectivity index (χ3n) is 4.66. The van der Waals surface area contributed by atoms with E-state index in [0.29, 0.717) is 33.9 Å². The summed E-state index contributed by atoms with van der Waals surface area (Å²) in [5.74, 6) is -0.774. The lowest BCUT2D eigenvalue weighted by Gasteiger charge is -2.18. The molecule has 0 aliphatic carbocycles. The lowest BCUT2D eigenvalue weighted by Crippen LogP contribution is -2.27. The molecule has 0 radical (unpaired) electrons. The van der Waals surface area contributed by atoms with Crippen molar-refractivity contribution in [2.24, 2.45) is 0 Å². The van der Waals surface area contributed by atoms with E-state index < -0.39 is 5.91 Å². The number of nitriles is 2. The number of anilines is 2. The van der Waals surface area contributed by atoms with Crippen molar-refractivity contribution >= 4 is 23.2 Å². The highest BCUT2D eigenvalue weighted by atomic mass is 16.2. The number of nitrogens with zero attached hydrogens (tertiary/aromatic N) is 5. The third kappa shape index (κ3) is 4.55. The van der Waals surface area contributed by atoms with Gasteiger partial charge < -0.3 is 10.2 Å². The molecule has 31 heavy (non-hydrogen) atoms. The normalized spacial score (nSPS) is 9.97. The second kappa shape index (κ2) is 8.85. The molecule has 0 spiro atoms. The van der Waals surface area contributed by atoms with Crippen LogP contribution in [-0.4, -0.2) is 28.8 Å². The van der Waals surface area contributed by atoms with Gasteiger partial charge in [0, 0.05) is 18.4 Å². The van der Waals surface area contributed by atoms with Crippen molar-refractivity contribution in [3.63, 3.8) is 0 Å². The Balaban J connectivity index is 1.79. The van der Waals surface area contributed by atoms with Crippen molar-refractivity contribution in [3.05, 3.63) is 82.4 Å². The second-order valence-corrected chi connectivity index (χ2v) is 6.75. The first-order chi connectivity index (χ1) is 14.8. The van der Waals surface area contributed by atoms with E-state index in [2.05, 4.69) is 15.3 Å². The molecule has 0 fully saturated rings. The zero-order valence-corrected chi connectivity index (χ0v) is 17.2. The number of carbonyl (C=O) groups excluding carboxylic acids is 2. The Morgan fingerprint density at radius 2 is 1.48 bits per heavy atom. The summed E-state index contributed by atoms with van der Waals surface area (Å²) >= 11 is 0. The number of nitrogens with one attached hydrogen (secondary N) is 1. The van der Waals surface area contributed by atoms with Gasteiger partial charge in [-0.25, -0.2) is 9.97 Å². The average molecular weight is 410 g/mol. The summed E-state index contributed by atoms with van der Waals surface area (Å²) in [6.45, 7) is 3.33. The number of pyridine rings is 2. The molecule has 2 heterocycles. The molecule has 1 N–H and O–H groups in total. The summed E-state index contributed by atoms with van der Waals surface area (Å²) in [5, 5.41) is 20.8. The van der Waals surface area contributed by atoms with Crippen molar-refractivity contribution in [1.29, 1.82) is 10.5 Å². The van der Waals surface area contributed by atoms with Gasteiger partial charge in [0.1, 0.15) is 23.5 Å². The Morgan fingerprint density at radius 3 is 2.06 bits per heavy atom. The SMILES string of the molecule is Cc1nc(C(=O)Nc2cccc(N(C)C(=O)c3ccc(C#N)c(C)n3)c2)ccc1C#N. The summed E-state index contributed by atoms with van der Waals surface area (Å²) in [5.41, 5.74) is 3.20. The van der Waals surface area contributed by atoms with Crippen molar-refractivity contribution in [2.45, 2.75) is 13.8 Å². The molecule has 3 aromatic rings. The largest absolute Gasteiger partial charge is 0.321 e. The molecule has 0 unspecified atom stereocenters. The minimum atomic E-state index is -0.428. The molecular weight excluding hydrogens is 392 g/mol. The highest BCUT2D eigenvalue weighted by Crippen LogP contribution is 2.21. The Kier molecular flexibility index (Phi) is 6.04. The lowest BCUT2D eigenvalue weighted by molar-refractivity contribution is 0.0986. The standard InChI is InChI=1S/C23H18N6O2/c1-14-16(12-24)7-9-20(26-14)22(30)28-18-5-4-6-19(11-18)29(3)23(31)21-10-8-17(13-25)15(2)27-21/h4-11H,1-3H3,(H,28,30). The van der Waals surface area contributed by atoms with Gasteiger partial charge in [-0.3, -0.25) is 9.59 Å². The molecule has 0 saturated heterocycles. The van der Waals surface area contributed by atoms with Crippen LogP contribution in [0.1, 0.15) is 43.5 Å². The van der Waals surface area contributed by atoms with E-state index in [1.54, 1.807) is 57.3 Å². The molecule has 2 aromatic heterocycles. The topological polar surface area (TPSA) is 123 Å². The van der Waals surface area contributed by atoms with E-state index in [-0.39, 0.29) is 17.3 Å². The average Bonchev–Trinajstić information content (AvgIpc) is 2.78. The predicted octanol–water partition coefficient (Wildman–Crippen LogP) is 3.37. The molecule has 2 amide bonds. The van der Waals surface area contributed by atoms with E-state index in [1.165, 1.54) is 17.0 Å². The first kappa shape index (κ1) is 21.2. The molecule has 0 aliphatic rings. The van der Waals surface area contributed by atoms with Gasteiger partial charge in [-0.05, 0) is 56.3 Å². The number of hydrogen-bond acceptors (Lipinski definition) is 6. The molecule has 8 heteroatoms. The molecule has 0 atom stereocenters. The van der Waals surface area contributed by atoms with Crippen LogP contribution in [0.25, 0.3) is 0 Å². The Bertz CT molecular complexity index is 1270. The Labute approximate surface area is 179 Å².